The Kier molecular flexibility index (Phi) is 5.07. The van der Waals surface area contributed by atoms with E-state index < -0.39 is 18.0 Å². The minimum absolute atomic E-state index is 0.177. The second-order valence-corrected chi connectivity index (χ2v) is 5.98. The molecule has 8 nitrogen and oxygen atoms in total. The SMILES string of the molecule is COC(=O)c1c(C)[nH]c(C(=O)OC(C)c2nnc(-c3ccccc3)o2)c1C. The maximum atomic E-state index is 12.5. The summed E-state index contributed by atoms with van der Waals surface area (Å²) in [5, 5.41) is 7.93. The van der Waals surface area contributed by atoms with Crippen LogP contribution in [0.5, 0.6) is 0 Å². The quantitative estimate of drug-likeness (QED) is 0.687. The molecule has 3 aromatic rings. The summed E-state index contributed by atoms with van der Waals surface area (Å²) in [5.74, 6) is -0.625. The highest BCUT2D eigenvalue weighted by atomic mass is 16.6. The van der Waals surface area contributed by atoms with Gasteiger partial charge in [0.2, 0.25) is 5.89 Å². The largest absolute Gasteiger partial charge is 0.465 e. The zero-order valence-electron chi connectivity index (χ0n) is 15.4. The molecule has 0 radical (unpaired) electrons. The zero-order valence-corrected chi connectivity index (χ0v) is 15.4. The summed E-state index contributed by atoms with van der Waals surface area (Å²) in [6.45, 7) is 4.97. The number of methoxy groups -OCH3 is 1. The number of aryl methyl sites for hydroxylation is 1. The molecule has 1 aromatic carbocycles. The normalized spacial score (nSPS) is 11.9. The van der Waals surface area contributed by atoms with E-state index in [0.29, 0.717) is 22.7 Å². The van der Waals surface area contributed by atoms with Crippen LogP contribution >= 0.6 is 0 Å². The first-order chi connectivity index (χ1) is 12.9. The number of rotatable bonds is 5. The van der Waals surface area contributed by atoms with Crippen LogP contribution in [0, 0.1) is 13.8 Å². The van der Waals surface area contributed by atoms with Gasteiger partial charge < -0.3 is 18.9 Å². The van der Waals surface area contributed by atoms with Crippen molar-refractivity contribution in [1.29, 1.82) is 0 Å². The van der Waals surface area contributed by atoms with Crippen molar-refractivity contribution in [2.24, 2.45) is 0 Å². The molecule has 0 aliphatic rings. The Morgan fingerprint density at radius 2 is 1.81 bits per heavy atom. The Morgan fingerprint density at radius 1 is 1.11 bits per heavy atom. The summed E-state index contributed by atoms with van der Waals surface area (Å²) < 4.78 is 15.8. The maximum absolute atomic E-state index is 12.5. The van der Waals surface area contributed by atoms with Crippen molar-refractivity contribution >= 4 is 11.9 Å². The van der Waals surface area contributed by atoms with Crippen molar-refractivity contribution in [2.75, 3.05) is 7.11 Å². The van der Waals surface area contributed by atoms with Crippen molar-refractivity contribution < 1.29 is 23.5 Å². The van der Waals surface area contributed by atoms with E-state index >= 15 is 0 Å². The summed E-state index contributed by atoms with van der Waals surface area (Å²) in [6.07, 6.45) is -0.757. The Morgan fingerprint density at radius 3 is 2.48 bits per heavy atom. The summed E-state index contributed by atoms with van der Waals surface area (Å²) in [4.78, 5) is 27.2. The molecular weight excluding hydrogens is 350 g/mol. The Hall–Kier alpha value is -3.42. The average molecular weight is 369 g/mol. The van der Waals surface area contributed by atoms with E-state index in [1.807, 2.05) is 30.3 Å². The van der Waals surface area contributed by atoms with Gasteiger partial charge in [-0.05, 0) is 38.5 Å². The number of aromatic nitrogens is 3. The third-order valence-corrected chi connectivity index (χ3v) is 4.12. The monoisotopic (exact) mass is 369 g/mol. The number of esters is 2. The second kappa shape index (κ2) is 7.45. The van der Waals surface area contributed by atoms with Gasteiger partial charge in [0.25, 0.3) is 5.89 Å². The number of carbonyl (C=O) groups is 2. The van der Waals surface area contributed by atoms with Gasteiger partial charge >= 0.3 is 11.9 Å². The smallest absolute Gasteiger partial charge is 0.355 e. The molecule has 2 aromatic heterocycles. The molecule has 8 heteroatoms. The predicted octanol–water partition coefficient (Wildman–Crippen LogP) is 3.39. The lowest BCUT2D eigenvalue weighted by molar-refractivity contribution is 0.0272. The number of ether oxygens (including phenoxy) is 2. The molecule has 2 heterocycles. The number of nitrogens with one attached hydrogen (secondary N) is 1. The molecule has 0 aliphatic carbocycles. The molecule has 140 valence electrons. The lowest BCUT2D eigenvalue weighted by Crippen LogP contribution is -2.11. The lowest BCUT2D eigenvalue weighted by atomic mass is 10.1. The van der Waals surface area contributed by atoms with Gasteiger partial charge in [-0.15, -0.1) is 10.2 Å². The number of hydrogen-bond donors (Lipinski definition) is 1. The van der Waals surface area contributed by atoms with Gasteiger partial charge in [0, 0.05) is 11.3 Å². The van der Waals surface area contributed by atoms with Crippen LogP contribution in [0.4, 0.5) is 0 Å². The summed E-state index contributed by atoms with van der Waals surface area (Å²) in [5.41, 5.74) is 2.27. The number of benzene rings is 1. The van der Waals surface area contributed by atoms with Crippen molar-refractivity contribution in [2.45, 2.75) is 26.9 Å². The van der Waals surface area contributed by atoms with Gasteiger partial charge in [0.15, 0.2) is 6.10 Å². The van der Waals surface area contributed by atoms with Crippen molar-refractivity contribution in [3.8, 4) is 11.5 Å². The topological polar surface area (TPSA) is 107 Å². The number of aromatic amines is 1. The van der Waals surface area contributed by atoms with Crippen LogP contribution < -0.4 is 0 Å². The third-order valence-electron chi connectivity index (χ3n) is 4.12. The molecule has 0 saturated carbocycles. The van der Waals surface area contributed by atoms with Gasteiger partial charge in [-0.3, -0.25) is 0 Å². The molecule has 1 atom stereocenters. The van der Waals surface area contributed by atoms with E-state index in [-0.39, 0.29) is 11.6 Å². The summed E-state index contributed by atoms with van der Waals surface area (Å²) in [7, 11) is 1.29. The minimum atomic E-state index is -0.757. The number of H-pyrrole nitrogens is 1. The van der Waals surface area contributed by atoms with E-state index in [1.54, 1.807) is 20.8 Å². The third kappa shape index (κ3) is 3.59. The predicted molar refractivity (Wildman–Crippen MR) is 95.2 cm³/mol. The van der Waals surface area contributed by atoms with Crippen LogP contribution in [0.3, 0.4) is 0 Å². The molecule has 1 N–H and O–H groups in total. The van der Waals surface area contributed by atoms with Crippen LogP contribution in [-0.4, -0.2) is 34.2 Å². The molecule has 0 amide bonds. The van der Waals surface area contributed by atoms with Gasteiger partial charge in [-0.25, -0.2) is 9.59 Å². The lowest BCUT2D eigenvalue weighted by Gasteiger charge is -2.09. The van der Waals surface area contributed by atoms with E-state index in [4.69, 9.17) is 13.9 Å². The van der Waals surface area contributed by atoms with E-state index in [1.165, 1.54) is 7.11 Å². The van der Waals surface area contributed by atoms with E-state index in [2.05, 4.69) is 15.2 Å². The van der Waals surface area contributed by atoms with E-state index in [9.17, 15) is 9.59 Å². The molecule has 27 heavy (non-hydrogen) atoms. The van der Waals surface area contributed by atoms with Gasteiger partial charge in [0.05, 0.1) is 12.7 Å². The van der Waals surface area contributed by atoms with Crippen LogP contribution in [0.2, 0.25) is 0 Å². The zero-order chi connectivity index (χ0) is 19.6. The average Bonchev–Trinajstić information content (AvgIpc) is 3.27. The molecule has 0 spiro atoms. The molecule has 3 rings (SSSR count). The van der Waals surface area contributed by atoms with Crippen LogP contribution in [-0.2, 0) is 9.47 Å². The number of nitrogens with zero attached hydrogens (tertiary/aromatic N) is 2. The van der Waals surface area contributed by atoms with Crippen LogP contribution in [0.25, 0.3) is 11.5 Å². The number of hydrogen-bond acceptors (Lipinski definition) is 7. The fourth-order valence-electron chi connectivity index (χ4n) is 2.73. The van der Waals surface area contributed by atoms with Gasteiger partial charge in [0.1, 0.15) is 5.69 Å². The first-order valence-electron chi connectivity index (χ1n) is 8.29. The molecule has 0 aliphatic heterocycles. The first kappa shape index (κ1) is 18.4. The van der Waals surface area contributed by atoms with Crippen LogP contribution in [0.15, 0.2) is 34.7 Å². The van der Waals surface area contributed by atoms with Gasteiger partial charge in [-0.2, -0.15) is 0 Å². The highest BCUT2D eigenvalue weighted by Gasteiger charge is 2.26. The van der Waals surface area contributed by atoms with Crippen molar-refractivity contribution in [1.82, 2.24) is 15.2 Å². The minimum Gasteiger partial charge on any atom is -0.465 e. The summed E-state index contributed by atoms with van der Waals surface area (Å²) in [6, 6.07) is 9.28. The highest BCUT2D eigenvalue weighted by Crippen LogP contribution is 2.25. The molecule has 0 saturated heterocycles. The standard InChI is InChI=1S/C19H19N3O5/c1-10-14(18(23)25-4)11(2)20-15(10)19(24)26-12(3)16-21-22-17(27-16)13-8-6-5-7-9-13/h5-9,12,20H,1-4H3. The molecule has 0 bridgehead atoms. The van der Waals surface area contributed by atoms with Crippen molar-refractivity contribution in [3.63, 3.8) is 0 Å². The Bertz CT molecular complexity index is 975. The Labute approximate surface area is 155 Å². The number of carbonyl (C=O) groups excluding carboxylic acids is 2. The fourth-order valence-corrected chi connectivity index (χ4v) is 2.73. The molecular formula is C19H19N3O5. The molecule has 1 unspecified atom stereocenters. The second-order valence-electron chi connectivity index (χ2n) is 5.98. The fraction of sp³-hybridized carbons (Fsp3) is 0.263. The van der Waals surface area contributed by atoms with Gasteiger partial charge in [-0.1, -0.05) is 18.2 Å². The molecule has 0 fully saturated rings. The Balaban J connectivity index is 1.77. The maximum Gasteiger partial charge on any atom is 0.355 e. The highest BCUT2D eigenvalue weighted by molar-refractivity contribution is 5.98. The van der Waals surface area contributed by atoms with Crippen molar-refractivity contribution in [3.05, 3.63) is 58.7 Å². The van der Waals surface area contributed by atoms with E-state index in [0.717, 1.165) is 5.56 Å². The first-order valence-corrected chi connectivity index (χ1v) is 8.29. The summed E-state index contributed by atoms with van der Waals surface area (Å²) >= 11 is 0. The van der Waals surface area contributed by atoms with Crippen LogP contribution in [0.1, 0.15) is 51.0 Å².